The van der Waals surface area contributed by atoms with Gasteiger partial charge in [0.15, 0.2) is 5.96 Å². The Balaban J connectivity index is 0.00000280. The quantitative estimate of drug-likeness (QED) is 0.316. The second-order valence-corrected chi connectivity index (χ2v) is 7.62. The SMILES string of the molecule is CN=C(NCC(=O)NC1CCCCC1)NC1CCN(c2ncccc2Cl)C1.I. The molecule has 28 heavy (non-hydrogen) atoms. The van der Waals surface area contributed by atoms with Crippen molar-refractivity contribution >= 4 is 53.3 Å². The van der Waals surface area contributed by atoms with Crippen molar-refractivity contribution in [1.29, 1.82) is 0 Å². The highest BCUT2D eigenvalue weighted by molar-refractivity contribution is 14.0. The topological polar surface area (TPSA) is 81.6 Å². The number of rotatable bonds is 5. The van der Waals surface area contributed by atoms with Crippen molar-refractivity contribution in [3.63, 3.8) is 0 Å². The van der Waals surface area contributed by atoms with Gasteiger partial charge in [0.1, 0.15) is 5.82 Å². The van der Waals surface area contributed by atoms with Gasteiger partial charge in [-0.3, -0.25) is 9.79 Å². The predicted molar refractivity (Wildman–Crippen MR) is 125 cm³/mol. The summed E-state index contributed by atoms with van der Waals surface area (Å²) in [6.07, 6.45) is 8.60. The number of anilines is 1. The molecular weight excluding hydrogens is 491 g/mol. The minimum atomic E-state index is 0. The van der Waals surface area contributed by atoms with Gasteiger partial charge in [0.05, 0.1) is 11.6 Å². The van der Waals surface area contributed by atoms with Crippen LogP contribution in [0.5, 0.6) is 0 Å². The average Bonchev–Trinajstić information content (AvgIpc) is 3.14. The highest BCUT2D eigenvalue weighted by Crippen LogP contribution is 2.25. The maximum atomic E-state index is 12.2. The molecule has 1 atom stereocenters. The molecule has 1 saturated carbocycles. The molecule has 0 spiro atoms. The van der Waals surface area contributed by atoms with E-state index in [1.807, 2.05) is 12.1 Å². The van der Waals surface area contributed by atoms with Gasteiger partial charge in [-0.05, 0) is 31.4 Å². The molecule has 1 unspecified atom stereocenters. The fraction of sp³-hybridized carbons (Fsp3) is 0.632. The molecular formula is C19H30ClIN6O. The number of pyridine rings is 1. The zero-order valence-corrected chi connectivity index (χ0v) is 19.4. The van der Waals surface area contributed by atoms with Gasteiger partial charge in [0.25, 0.3) is 0 Å². The number of hydrogen-bond acceptors (Lipinski definition) is 4. The summed E-state index contributed by atoms with van der Waals surface area (Å²) in [5.74, 6) is 1.49. The zero-order chi connectivity index (χ0) is 19.1. The third-order valence-corrected chi connectivity index (χ3v) is 5.47. The van der Waals surface area contributed by atoms with E-state index in [4.69, 9.17) is 11.6 Å². The molecule has 1 aromatic rings. The lowest BCUT2D eigenvalue weighted by Crippen LogP contribution is -2.49. The van der Waals surface area contributed by atoms with Gasteiger partial charge in [-0.25, -0.2) is 4.98 Å². The molecule has 3 rings (SSSR count). The predicted octanol–water partition coefficient (Wildman–Crippen LogP) is 2.55. The molecule has 1 aliphatic carbocycles. The Bertz CT molecular complexity index is 668. The van der Waals surface area contributed by atoms with Gasteiger partial charge in [0, 0.05) is 38.4 Å². The Morgan fingerprint density at radius 2 is 2.04 bits per heavy atom. The molecule has 1 saturated heterocycles. The van der Waals surface area contributed by atoms with Crippen LogP contribution in [0, 0.1) is 0 Å². The number of aromatic nitrogens is 1. The second-order valence-electron chi connectivity index (χ2n) is 7.21. The first-order valence-corrected chi connectivity index (χ1v) is 10.2. The number of hydrogen-bond donors (Lipinski definition) is 3. The van der Waals surface area contributed by atoms with Crippen LogP contribution in [-0.2, 0) is 4.79 Å². The summed E-state index contributed by atoms with van der Waals surface area (Å²) in [5, 5.41) is 10.3. The monoisotopic (exact) mass is 520 g/mol. The zero-order valence-electron chi connectivity index (χ0n) is 16.3. The molecule has 9 heteroatoms. The summed E-state index contributed by atoms with van der Waals surface area (Å²) in [7, 11) is 1.72. The van der Waals surface area contributed by atoms with E-state index in [1.54, 1.807) is 13.2 Å². The lowest BCUT2D eigenvalue weighted by Gasteiger charge is -2.23. The molecule has 0 aromatic carbocycles. The smallest absolute Gasteiger partial charge is 0.239 e. The van der Waals surface area contributed by atoms with E-state index in [0.29, 0.717) is 17.0 Å². The van der Waals surface area contributed by atoms with Crippen LogP contribution in [-0.4, -0.2) is 55.6 Å². The summed E-state index contributed by atoms with van der Waals surface area (Å²) < 4.78 is 0. The molecule has 0 radical (unpaired) electrons. The molecule has 1 aromatic heterocycles. The van der Waals surface area contributed by atoms with Gasteiger partial charge in [-0.1, -0.05) is 30.9 Å². The second kappa shape index (κ2) is 11.6. The lowest BCUT2D eigenvalue weighted by molar-refractivity contribution is -0.120. The maximum Gasteiger partial charge on any atom is 0.239 e. The molecule has 7 nitrogen and oxygen atoms in total. The minimum absolute atomic E-state index is 0. The van der Waals surface area contributed by atoms with E-state index in [1.165, 1.54) is 19.3 Å². The summed E-state index contributed by atoms with van der Waals surface area (Å²) in [5.41, 5.74) is 0. The largest absolute Gasteiger partial charge is 0.353 e. The molecule has 1 aliphatic heterocycles. The first kappa shape index (κ1) is 23.0. The third-order valence-electron chi connectivity index (χ3n) is 5.18. The average molecular weight is 521 g/mol. The van der Waals surface area contributed by atoms with Crippen molar-refractivity contribution in [2.45, 2.75) is 50.6 Å². The van der Waals surface area contributed by atoms with Crippen LogP contribution in [0.25, 0.3) is 0 Å². The van der Waals surface area contributed by atoms with Crippen molar-refractivity contribution in [2.75, 3.05) is 31.6 Å². The summed E-state index contributed by atoms with van der Waals surface area (Å²) in [6, 6.07) is 4.25. The van der Waals surface area contributed by atoms with Crippen molar-refractivity contribution in [1.82, 2.24) is 20.9 Å². The van der Waals surface area contributed by atoms with Gasteiger partial charge in [-0.15, -0.1) is 24.0 Å². The van der Waals surface area contributed by atoms with Crippen LogP contribution in [0.2, 0.25) is 5.02 Å². The van der Waals surface area contributed by atoms with E-state index < -0.39 is 0 Å². The first-order chi connectivity index (χ1) is 13.2. The Hall–Kier alpha value is -1.29. The highest BCUT2D eigenvalue weighted by Gasteiger charge is 2.25. The minimum Gasteiger partial charge on any atom is -0.353 e. The number of guanidine groups is 1. The number of nitrogens with zero attached hydrogens (tertiary/aromatic N) is 3. The van der Waals surface area contributed by atoms with E-state index in [9.17, 15) is 4.79 Å². The van der Waals surface area contributed by atoms with Crippen molar-refractivity contribution in [3.8, 4) is 0 Å². The van der Waals surface area contributed by atoms with Crippen LogP contribution in [0.15, 0.2) is 23.3 Å². The summed E-state index contributed by atoms with van der Waals surface area (Å²) in [6.45, 7) is 1.91. The van der Waals surface area contributed by atoms with Gasteiger partial charge >= 0.3 is 0 Å². The van der Waals surface area contributed by atoms with Crippen LogP contribution < -0.4 is 20.9 Å². The van der Waals surface area contributed by atoms with Crippen molar-refractivity contribution in [2.24, 2.45) is 4.99 Å². The molecule has 0 bridgehead atoms. The van der Waals surface area contributed by atoms with Crippen LogP contribution in [0.4, 0.5) is 5.82 Å². The standard InChI is InChI=1S/C19H29ClN6O.HI/c1-21-19(23-12-17(27)24-14-6-3-2-4-7-14)25-15-9-11-26(13-15)18-16(20)8-5-10-22-18;/h5,8,10,14-15H,2-4,6-7,9,11-13H2,1H3,(H,24,27)(H2,21,23,25);1H. The van der Waals surface area contributed by atoms with Crippen LogP contribution >= 0.6 is 35.6 Å². The van der Waals surface area contributed by atoms with E-state index >= 15 is 0 Å². The van der Waals surface area contributed by atoms with E-state index in [0.717, 1.165) is 38.2 Å². The van der Waals surface area contributed by atoms with Gasteiger partial charge < -0.3 is 20.9 Å². The number of aliphatic imine (C=N–C) groups is 1. The number of amides is 1. The van der Waals surface area contributed by atoms with Gasteiger partial charge in [-0.2, -0.15) is 0 Å². The number of carbonyl (C=O) groups is 1. The Morgan fingerprint density at radius 1 is 1.25 bits per heavy atom. The van der Waals surface area contributed by atoms with Crippen molar-refractivity contribution < 1.29 is 4.79 Å². The first-order valence-electron chi connectivity index (χ1n) is 9.77. The Morgan fingerprint density at radius 3 is 2.75 bits per heavy atom. The molecule has 2 aliphatic rings. The lowest BCUT2D eigenvalue weighted by atomic mass is 9.95. The Labute approximate surface area is 189 Å². The fourth-order valence-corrected chi connectivity index (χ4v) is 4.00. The maximum absolute atomic E-state index is 12.2. The number of nitrogens with one attached hydrogen (secondary N) is 3. The summed E-state index contributed by atoms with van der Waals surface area (Å²) in [4.78, 5) is 22.9. The van der Waals surface area contributed by atoms with Crippen LogP contribution in [0.1, 0.15) is 38.5 Å². The molecule has 1 amide bonds. The molecule has 3 N–H and O–H groups in total. The number of carbonyl (C=O) groups excluding carboxylic acids is 1. The molecule has 2 fully saturated rings. The van der Waals surface area contributed by atoms with Gasteiger partial charge in [0.2, 0.25) is 5.91 Å². The summed E-state index contributed by atoms with van der Waals surface area (Å²) >= 11 is 6.24. The van der Waals surface area contributed by atoms with E-state index in [-0.39, 0.29) is 42.5 Å². The molecule has 2 heterocycles. The third kappa shape index (κ3) is 6.65. The number of halogens is 2. The Kier molecular flexibility index (Phi) is 9.57. The highest BCUT2D eigenvalue weighted by atomic mass is 127. The normalized spacial score (nSPS) is 20.4. The molecule has 156 valence electrons. The fourth-order valence-electron chi connectivity index (χ4n) is 3.76. The van der Waals surface area contributed by atoms with Crippen LogP contribution in [0.3, 0.4) is 0 Å². The van der Waals surface area contributed by atoms with Crippen molar-refractivity contribution in [3.05, 3.63) is 23.4 Å². The van der Waals surface area contributed by atoms with E-state index in [2.05, 4.69) is 30.8 Å².